The molecule has 0 aromatic heterocycles. The quantitative estimate of drug-likeness (QED) is 0.851. The minimum absolute atomic E-state index is 0.257. The number of benzene rings is 2. The average molecular weight is 356 g/mol. The molecule has 0 fully saturated rings. The van der Waals surface area contributed by atoms with Crippen molar-refractivity contribution in [1.29, 1.82) is 0 Å². The van der Waals surface area contributed by atoms with E-state index in [1.165, 1.54) is 24.3 Å². The number of hydrogen-bond acceptors (Lipinski definition) is 2. The Morgan fingerprint density at radius 3 is 2.29 bits per heavy atom. The van der Waals surface area contributed by atoms with Gasteiger partial charge in [-0.05, 0) is 58.2 Å². The summed E-state index contributed by atoms with van der Waals surface area (Å²) in [5.74, 6) is -0.174. The maximum absolute atomic E-state index is 13.1. The first-order chi connectivity index (χ1) is 10.0. The first-order valence-electron chi connectivity index (χ1n) is 6.64. The first kappa shape index (κ1) is 15.9. The van der Waals surface area contributed by atoms with E-state index in [2.05, 4.69) is 15.9 Å². The van der Waals surface area contributed by atoms with Crippen LogP contribution in [0.25, 0.3) is 0 Å². The normalized spacial score (nSPS) is 13.8. The Morgan fingerprint density at radius 1 is 1.10 bits per heavy atom. The monoisotopic (exact) mass is 355 g/mol. The van der Waals surface area contributed by atoms with Crippen molar-refractivity contribution in [3.63, 3.8) is 0 Å². The van der Waals surface area contributed by atoms with Crippen molar-refractivity contribution in [3.8, 4) is 5.75 Å². The lowest BCUT2D eigenvalue weighted by molar-refractivity contribution is 0.169. The van der Waals surface area contributed by atoms with Gasteiger partial charge in [-0.3, -0.25) is 0 Å². The zero-order chi connectivity index (χ0) is 15.4. The van der Waals surface area contributed by atoms with Crippen LogP contribution in [0.5, 0.6) is 5.75 Å². The van der Waals surface area contributed by atoms with Gasteiger partial charge in [0.15, 0.2) is 0 Å². The highest BCUT2D eigenvalue weighted by Crippen LogP contribution is 2.31. The zero-order valence-corrected chi connectivity index (χ0v) is 13.1. The molecule has 2 nitrogen and oxygen atoms in total. The van der Waals surface area contributed by atoms with Crippen molar-refractivity contribution in [2.45, 2.75) is 25.5 Å². The molecule has 0 radical (unpaired) electrons. The summed E-state index contributed by atoms with van der Waals surface area (Å²) in [6, 6.07) is 9.96. The minimum Gasteiger partial charge on any atom is -0.483 e. The van der Waals surface area contributed by atoms with Gasteiger partial charge in [0.2, 0.25) is 0 Å². The number of ether oxygens (including phenoxy) is 1. The van der Waals surface area contributed by atoms with E-state index in [0.717, 1.165) is 5.56 Å². The molecule has 0 heterocycles. The lowest BCUT2D eigenvalue weighted by Crippen LogP contribution is -2.31. The van der Waals surface area contributed by atoms with Gasteiger partial charge in [-0.1, -0.05) is 19.1 Å². The van der Waals surface area contributed by atoms with E-state index in [9.17, 15) is 8.78 Å². The molecule has 2 aromatic rings. The minimum atomic E-state index is -0.433. The van der Waals surface area contributed by atoms with Crippen LogP contribution in [-0.4, -0.2) is 6.04 Å². The number of nitrogens with two attached hydrogens (primary N) is 1. The van der Waals surface area contributed by atoms with Crippen molar-refractivity contribution in [3.05, 3.63) is 64.1 Å². The molecule has 0 aliphatic rings. The van der Waals surface area contributed by atoms with E-state index < -0.39 is 6.10 Å². The molecule has 0 aliphatic carbocycles. The Balaban J connectivity index is 2.30. The molecular weight excluding hydrogens is 340 g/mol. The number of halogens is 3. The van der Waals surface area contributed by atoms with Crippen LogP contribution in [0.4, 0.5) is 8.78 Å². The third-order valence-electron chi connectivity index (χ3n) is 3.21. The smallest absolute Gasteiger partial charge is 0.139 e. The van der Waals surface area contributed by atoms with E-state index in [1.54, 1.807) is 18.2 Å². The van der Waals surface area contributed by atoms with Gasteiger partial charge in [0, 0.05) is 6.04 Å². The molecule has 0 aliphatic heterocycles. The fraction of sp³-hybridized carbons (Fsp3) is 0.250. The average Bonchev–Trinajstić information content (AvgIpc) is 2.47. The van der Waals surface area contributed by atoms with Crippen LogP contribution in [-0.2, 0) is 0 Å². The van der Waals surface area contributed by atoms with Gasteiger partial charge in [0.25, 0.3) is 0 Å². The third-order valence-corrected chi connectivity index (χ3v) is 3.83. The van der Waals surface area contributed by atoms with Gasteiger partial charge < -0.3 is 10.5 Å². The van der Waals surface area contributed by atoms with E-state index in [1.807, 2.05) is 6.92 Å². The van der Waals surface area contributed by atoms with Crippen LogP contribution in [0, 0.1) is 11.6 Å². The molecule has 0 bridgehead atoms. The molecule has 2 N–H and O–H groups in total. The SMILES string of the molecule is CCC(N)C(Oc1ccc(F)cc1Br)c1ccc(F)cc1. The molecule has 0 spiro atoms. The lowest BCUT2D eigenvalue weighted by atomic mass is 10.0. The topological polar surface area (TPSA) is 35.2 Å². The summed E-state index contributed by atoms with van der Waals surface area (Å²) in [6.07, 6.45) is 0.262. The second kappa shape index (κ2) is 7.00. The fourth-order valence-electron chi connectivity index (χ4n) is 1.98. The lowest BCUT2D eigenvalue weighted by Gasteiger charge is -2.25. The molecule has 2 unspecified atom stereocenters. The number of rotatable bonds is 5. The van der Waals surface area contributed by atoms with Crippen molar-refractivity contribution in [1.82, 2.24) is 0 Å². The first-order valence-corrected chi connectivity index (χ1v) is 7.43. The Bertz CT molecular complexity index is 604. The molecule has 0 saturated carbocycles. The van der Waals surface area contributed by atoms with E-state index in [4.69, 9.17) is 10.5 Å². The van der Waals surface area contributed by atoms with Crippen LogP contribution in [0.3, 0.4) is 0 Å². The Kier molecular flexibility index (Phi) is 5.31. The summed E-state index contributed by atoms with van der Waals surface area (Å²) in [5.41, 5.74) is 6.89. The predicted octanol–water partition coefficient (Wildman–Crippen LogP) is 4.58. The molecule has 5 heteroatoms. The molecule has 0 saturated heterocycles. The van der Waals surface area contributed by atoms with Crippen molar-refractivity contribution >= 4 is 15.9 Å². The Labute approximate surface area is 131 Å². The van der Waals surface area contributed by atoms with Gasteiger partial charge >= 0.3 is 0 Å². The van der Waals surface area contributed by atoms with Crippen molar-refractivity contribution < 1.29 is 13.5 Å². The largest absolute Gasteiger partial charge is 0.483 e. The summed E-state index contributed by atoms with van der Waals surface area (Å²) < 4.78 is 32.6. The van der Waals surface area contributed by atoms with Crippen LogP contribution >= 0.6 is 15.9 Å². The van der Waals surface area contributed by atoms with E-state index >= 15 is 0 Å². The highest BCUT2D eigenvalue weighted by Gasteiger charge is 2.21. The maximum Gasteiger partial charge on any atom is 0.139 e. The summed E-state index contributed by atoms with van der Waals surface area (Å²) >= 11 is 3.26. The number of hydrogen-bond donors (Lipinski definition) is 1. The van der Waals surface area contributed by atoms with Gasteiger partial charge in [-0.25, -0.2) is 8.78 Å². The summed E-state index contributed by atoms with van der Waals surface area (Å²) in [4.78, 5) is 0. The summed E-state index contributed by atoms with van der Waals surface area (Å²) in [5, 5.41) is 0. The zero-order valence-electron chi connectivity index (χ0n) is 11.5. The maximum atomic E-state index is 13.1. The highest BCUT2D eigenvalue weighted by atomic mass is 79.9. The summed E-state index contributed by atoms with van der Waals surface area (Å²) in [6.45, 7) is 1.95. The van der Waals surface area contributed by atoms with Crippen LogP contribution in [0.1, 0.15) is 25.0 Å². The molecule has 0 amide bonds. The molecule has 2 atom stereocenters. The van der Waals surface area contributed by atoms with E-state index in [0.29, 0.717) is 16.6 Å². The second-order valence-corrected chi connectivity index (χ2v) is 5.59. The van der Waals surface area contributed by atoms with Crippen molar-refractivity contribution in [2.75, 3.05) is 0 Å². The fourth-order valence-corrected chi connectivity index (χ4v) is 2.42. The Hall–Kier alpha value is -1.46. The molecular formula is C16H16BrF2NO. The van der Waals surface area contributed by atoms with Gasteiger partial charge in [-0.15, -0.1) is 0 Å². The molecule has 21 heavy (non-hydrogen) atoms. The van der Waals surface area contributed by atoms with Crippen LogP contribution < -0.4 is 10.5 Å². The third kappa shape index (κ3) is 4.02. The molecule has 112 valence electrons. The highest BCUT2D eigenvalue weighted by molar-refractivity contribution is 9.10. The van der Waals surface area contributed by atoms with Gasteiger partial charge in [0.05, 0.1) is 4.47 Å². The standard InChI is InChI=1S/C16H16BrF2NO/c1-2-14(20)16(10-3-5-11(18)6-4-10)21-15-8-7-12(19)9-13(15)17/h3-9,14,16H,2,20H2,1H3. The van der Waals surface area contributed by atoms with Gasteiger partial charge in [-0.2, -0.15) is 0 Å². The van der Waals surface area contributed by atoms with Crippen LogP contribution in [0.2, 0.25) is 0 Å². The second-order valence-electron chi connectivity index (χ2n) is 4.74. The van der Waals surface area contributed by atoms with Crippen molar-refractivity contribution in [2.24, 2.45) is 5.73 Å². The molecule has 2 rings (SSSR count). The predicted molar refractivity (Wildman–Crippen MR) is 82.1 cm³/mol. The Morgan fingerprint density at radius 2 is 1.71 bits per heavy atom. The van der Waals surface area contributed by atoms with Crippen LogP contribution in [0.15, 0.2) is 46.9 Å². The van der Waals surface area contributed by atoms with E-state index in [-0.39, 0.29) is 17.7 Å². The van der Waals surface area contributed by atoms with Gasteiger partial charge in [0.1, 0.15) is 23.5 Å². The summed E-state index contributed by atoms with van der Waals surface area (Å²) in [7, 11) is 0. The molecule has 2 aromatic carbocycles.